The summed E-state index contributed by atoms with van der Waals surface area (Å²) in [5, 5.41) is 7.36. The van der Waals surface area contributed by atoms with Gasteiger partial charge in [0, 0.05) is 49.6 Å². The Balaban J connectivity index is 1.33. The molecule has 0 atom stereocenters. The molecule has 2 aromatic rings. The van der Waals surface area contributed by atoms with E-state index in [9.17, 15) is 4.79 Å². The van der Waals surface area contributed by atoms with Gasteiger partial charge in [-0.1, -0.05) is 0 Å². The monoisotopic (exact) mass is 340 g/mol. The highest BCUT2D eigenvalue weighted by Crippen LogP contribution is 2.39. The number of amides is 1. The molecule has 0 radical (unpaired) electrons. The van der Waals surface area contributed by atoms with E-state index in [1.807, 2.05) is 20.0 Å². The number of rotatable bonds is 4. The van der Waals surface area contributed by atoms with Gasteiger partial charge in [-0.3, -0.25) is 9.48 Å². The van der Waals surface area contributed by atoms with Gasteiger partial charge in [0.15, 0.2) is 0 Å². The number of aryl methyl sites for hydroxylation is 2. The Hall–Kier alpha value is -2.44. The molecule has 0 aromatic carbocycles. The Labute approximate surface area is 147 Å². The van der Waals surface area contributed by atoms with Crippen molar-refractivity contribution in [2.75, 3.05) is 18.0 Å². The van der Waals surface area contributed by atoms with E-state index in [0.717, 1.165) is 37.4 Å². The van der Waals surface area contributed by atoms with Crippen LogP contribution in [0.2, 0.25) is 0 Å². The molecule has 2 aliphatic rings. The molecule has 0 spiro atoms. The fraction of sp³-hybridized carbons (Fsp3) is 0.556. The second-order valence-corrected chi connectivity index (χ2v) is 7.10. The molecular weight excluding hydrogens is 316 g/mol. The van der Waals surface area contributed by atoms with Crippen LogP contribution in [0.15, 0.2) is 18.5 Å². The van der Waals surface area contributed by atoms with Crippen molar-refractivity contribution in [1.82, 2.24) is 25.1 Å². The number of hydrogen-bond donors (Lipinski definition) is 1. The van der Waals surface area contributed by atoms with Gasteiger partial charge in [0.05, 0.1) is 0 Å². The van der Waals surface area contributed by atoms with Crippen LogP contribution in [0.5, 0.6) is 0 Å². The van der Waals surface area contributed by atoms with Gasteiger partial charge < -0.3 is 10.2 Å². The molecule has 1 saturated heterocycles. The standard InChI is InChI=1S/C18H24N6O/c1-12-9-16(22-23(12)2)18(25)21-14-5-7-24(8-6-14)17-10-15(13-3-4-13)19-11-20-17/h9-11,13-14H,3-8H2,1-2H3,(H,21,25). The van der Waals surface area contributed by atoms with Gasteiger partial charge >= 0.3 is 0 Å². The normalized spacial score (nSPS) is 18.4. The lowest BCUT2D eigenvalue weighted by molar-refractivity contribution is 0.0925. The lowest BCUT2D eigenvalue weighted by atomic mass is 10.0. The zero-order valence-corrected chi connectivity index (χ0v) is 14.8. The van der Waals surface area contributed by atoms with Gasteiger partial charge in [0.25, 0.3) is 5.91 Å². The minimum absolute atomic E-state index is 0.0831. The summed E-state index contributed by atoms with van der Waals surface area (Å²) in [4.78, 5) is 23.5. The first-order valence-corrected chi connectivity index (χ1v) is 8.98. The molecule has 3 heterocycles. The molecule has 0 bridgehead atoms. The third-order valence-corrected chi connectivity index (χ3v) is 5.17. The van der Waals surface area contributed by atoms with Crippen molar-refractivity contribution in [3.8, 4) is 0 Å². The van der Waals surface area contributed by atoms with Crippen LogP contribution >= 0.6 is 0 Å². The lowest BCUT2D eigenvalue weighted by Gasteiger charge is -2.33. The summed E-state index contributed by atoms with van der Waals surface area (Å²) in [5.41, 5.74) is 2.65. The molecule has 25 heavy (non-hydrogen) atoms. The molecule has 7 heteroatoms. The predicted octanol–water partition coefficient (Wildman–Crippen LogP) is 1.79. The summed E-state index contributed by atoms with van der Waals surface area (Å²) < 4.78 is 1.73. The second kappa shape index (κ2) is 6.46. The van der Waals surface area contributed by atoms with Crippen molar-refractivity contribution in [3.63, 3.8) is 0 Å². The van der Waals surface area contributed by atoms with Crippen LogP contribution < -0.4 is 10.2 Å². The average Bonchev–Trinajstić information content (AvgIpc) is 3.42. The molecule has 132 valence electrons. The van der Waals surface area contributed by atoms with Crippen LogP contribution in [0.25, 0.3) is 0 Å². The van der Waals surface area contributed by atoms with Gasteiger partial charge in [-0.15, -0.1) is 0 Å². The van der Waals surface area contributed by atoms with Crippen molar-refractivity contribution >= 4 is 11.7 Å². The van der Waals surface area contributed by atoms with Gasteiger partial charge in [-0.2, -0.15) is 5.10 Å². The van der Waals surface area contributed by atoms with Crippen molar-refractivity contribution in [3.05, 3.63) is 35.5 Å². The second-order valence-electron chi connectivity index (χ2n) is 7.10. The van der Waals surface area contributed by atoms with Crippen LogP contribution in [0.1, 0.15) is 53.5 Å². The number of carbonyl (C=O) groups is 1. The Morgan fingerprint density at radius 2 is 1.92 bits per heavy atom. The van der Waals surface area contributed by atoms with Gasteiger partial charge in [-0.05, 0) is 38.7 Å². The molecule has 1 saturated carbocycles. The van der Waals surface area contributed by atoms with Crippen molar-refractivity contribution < 1.29 is 4.79 Å². The highest BCUT2D eigenvalue weighted by atomic mass is 16.2. The molecule has 2 fully saturated rings. The first-order chi connectivity index (χ1) is 12.1. The van der Waals surface area contributed by atoms with Gasteiger partial charge in [-0.25, -0.2) is 9.97 Å². The SMILES string of the molecule is Cc1cc(C(=O)NC2CCN(c3cc(C4CC4)ncn3)CC2)nn1C. The van der Waals surface area contributed by atoms with Crippen LogP contribution in [0.4, 0.5) is 5.82 Å². The summed E-state index contributed by atoms with van der Waals surface area (Å²) in [6.07, 6.45) is 6.01. The Bertz CT molecular complexity index is 754. The van der Waals surface area contributed by atoms with Crippen LogP contribution in [-0.4, -0.2) is 44.8 Å². The van der Waals surface area contributed by atoms with Crippen LogP contribution in [0.3, 0.4) is 0 Å². The minimum atomic E-state index is -0.0831. The first kappa shape index (κ1) is 16.1. The highest BCUT2D eigenvalue weighted by molar-refractivity contribution is 5.92. The summed E-state index contributed by atoms with van der Waals surface area (Å²) in [7, 11) is 1.85. The topological polar surface area (TPSA) is 75.9 Å². The fourth-order valence-corrected chi connectivity index (χ4v) is 3.32. The van der Waals surface area contributed by atoms with Gasteiger partial charge in [0.1, 0.15) is 17.8 Å². The number of nitrogens with one attached hydrogen (secondary N) is 1. The van der Waals surface area contributed by atoms with Crippen molar-refractivity contribution in [2.45, 2.75) is 44.6 Å². The van der Waals surface area contributed by atoms with Crippen molar-refractivity contribution in [1.29, 1.82) is 0 Å². The first-order valence-electron chi connectivity index (χ1n) is 8.98. The maximum absolute atomic E-state index is 12.3. The Morgan fingerprint density at radius 1 is 1.16 bits per heavy atom. The van der Waals surface area contributed by atoms with E-state index in [-0.39, 0.29) is 11.9 Å². The Kier molecular flexibility index (Phi) is 4.15. The third-order valence-electron chi connectivity index (χ3n) is 5.17. The average molecular weight is 340 g/mol. The molecular formula is C18H24N6O. The number of piperidine rings is 1. The smallest absolute Gasteiger partial charge is 0.272 e. The molecule has 7 nitrogen and oxygen atoms in total. The summed E-state index contributed by atoms with van der Waals surface area (Å²) in [6.45, 7) is 3.74. The third kappa shape index (κ3) is 3.50. The molecule has 2 aromatic heterocycles. The zero-order valence-electron chi connectivity index (χ0n) is 14.8. The lowest BCUT2D eigenvalue weighted by Crippen LogP contribution is -2.45. The fourth-order valence-electron chi connectivity index (χ4n) is 3.32. The Morgan fingerprint density at radius 3 is 2.56 bits per heavy atom. The van der Waals surface area contributed by atoms with Gasteiger partial charge in [0.2, 0.25) is 0 Å². The summed E-state index contributed by atoms with van der Waals surface area (Å²) in [6, 6.07) is 4.15. The minimum Gasteiger partial charge on any atom is -0.356 e. The van der Waals surface area contributed by atoms with Crippen molar-refractivity contribution in [2.24, 2.45) is 7.05 Å². The highest BCUT2D eigenvalue weighted by Gasteiger charge is 2.27. The van der Waals surface area contributed by atoms with E-state index in [4.69, 9.17) is 0 Å². The van der Waals surface area contributed by atoms with E-state index in [1.54, 1.807) is 11.0 Å². The van der Waals surface area contributed by atoms with E-state index in [0.29, 0.717) is 11.6 Å². The molecule has 4 rings (SSSR count). The van der Waals surface area contributed by atoms with Crippen LogP contribution in [0, 0.1) is 6.92 Å². The number of aromatic nitrogens is 4. The number of nitrogens with zero attached hydrogens (tertiary/aromatic N) is 5. The van der Waals surface area contributed by atoms with E-state index >= 15 is 0 Å². The number of anilines is 1. The maximum atomic E-state index is 12.3. The number of hydrogen-bond acceptors (Lipinski definition) is 5. The maximum Gasteiger partial charge on any atom is 0.272 e. The molecule has 1 N–H and O–H groups in total. The summed E-state index contributed by atoms with van der Waals surface area (Å²) >= 11 is 0. The predicted molar refractivity (Wildman–Crippen MR) is 94.7 cm³/mol. The summed E-state index contributed by atoms with van der Waals surface area (Å²) in [5.74, 6) is 1.57. The number of carbonyl (C=O) groups excluding carboxylic acids is 1. The molecule has 1 aliphatic carbocycles. The van der Waals surface area contributed by atoms with E-state index in [2.05, 4.69) is 31.3 Å². The van der Waals surface area contributed by atoms with E-state index in [1.165, 1.54) is 18.5 Å². The molecule has 1 amide bonds. The quantitative estimate of drug-likeness (QED) is 0.918. The zero-order chi connectivity index (χ0) is 17.4. The van der Waals surface area contributed by atoms with Crippen LogP contribution in [-0.2, 0) is 7.05 Å². The van der Waals surface area contributed by atoms with E-state index < -0.39 is 0 Å². The largest absolute Gasteiger partial charge is 0.356 e. The molecule has 1 aliphatic heterocycles. The molecule has 0 unspecified atom stereocenters.